The first-order valence-electron chi connectivity index (χ1n) is 5.45. The molecule has 0 atom stereocenters. The molecule has 5 heteroatoms. The third-order valence-corrected chi connectivity index (χ3v) is 2.53. The van der Waals surface area contributed by atoms with Gasteiger partial charge < -0.3 is 14.3 Å². The van der Waals surface area contributed by atoms with Gasteiger partial charge in [-0.25, -0.2) is 4.79 Å². The van der Waals surface area contributed by atoms with Crippen molar-refractivity contribution in [1.29, 1.82) is 0 Å². The van der Waals surface area contributed by atoms with Crippen molar-refractivity contribution in [3.05, 3.63) is 47.2 Å². The molecule has 94 valence electrons. The number of carboxylic acids is 1. The van der Waals surface area contributed by atoms with Crippen LogP contribution in [0.1, 0.15) is 27.6 Å². The zero-order valence-electron chi connectivity index (χ0n) is 10.1. The van der Waals surface area contributed by atoms with Gasteiger partial charge in [0.1, 0.15) is 29.4 Å². The smallest absolute Gasteiger partial charge is 0.339 e. The molecule has 0 aliphatic heterocycles. The van der Waals surface area contributed by atoms with Gasteiger partial charge in [-0.15, -0.1) is 0 Å². The lowest BCUT2D eigenvalue weighted by molar-refractivity contribution is 0.0695. The Labute approximate surface area is 104 Å². The van der Waals surface area contributed by atoms with Crippen molar-refractivity contribution in [3.8, 4) is 5.75 Å². The van der Waals surface area contributed by atoms with Gasteiger partial charge in [-0.3, -0.25) is 4.98 Å². The van der Waals surface area contributed by atoms with Crippen molar-refractivity contribution < 1.29 is 19.1 Å². The quantitative estimate of drug-likeness (QED) is 0.898. The summed E-state index contributed by atoms with van der Waals surface area (Å²) in [6.07, 6.45) is 1.68. The fourth-order valence-electron chi connectivity index (χ4n) is 1.60. The summed E-state index contributed by atoms with van der Waals surface area (Å²) in [7, 11) is 0. The molecule has 2 rings (SSSR count). The summed E-state index contributed by atoms with van der Waals surface area (Å²) < 4.78 is 10.8. The second-order valence-electron chi connectivity index (χ2n) is 3.86. The molecule has 2 aromatic rings. The SMILES string of the molecule is Cc1ncccc1OCc1cc(C(=O)O)c(C)o1. The lowest BCUT2D eigenvalue weighted by Gasteiger charge is -2.05. The van der Waals surface area contributed by atoms with Gasteiger partial charge in [0.2, 0.25) is 0 Å². The first-order chi connectivity index (χ1) is 8.58. The van der Waals surface area contributed by atoms with E-state index in [0.29, 0.717) is 17.3 Å². The number of nitrogens with zero attached hydrogens (tertiary/aromatic N) is 1. The third kappa shape index (κ3) is 2.51. The molecule has 1 N–H and O–H groups in total. The second-order valence-corrected chi connectivity index (χ2v) is 3.86. The zero-order chi connectivity index (χ0) is 13.1. The summed E-state index contributed by atoms with van der Waals surface area (Å²) in [6, 6.07) is 5.05. The number of carboxylic acid groups (broad SMARTS) is 1. The van der Waals surface area contributed by atoms with Gasteiger partial charge in [-0.2, -0.15) is 0 Å². The molecule has 0 saturated heterocycles. The second kappa shape index (κ2) is 4.91. The highest BCUT2D eigenvalue weighted by atomic mass is 16.5. The highest BCUT2D eigenvalue weighted by Gasteiger charge is 2.14. The first-order valence-corrected chi connectivity index (χ1v) is 5.45. The van der Waals surface area contributed by atoms with Gasteiger partial charge in [-0.05, 0) is 32.0 Å². The van der Waals surface area contributed by atoms with E-state index >= 15 is 0 Å². The Balaban J connectivity index is 2.09. The standard InChI is InChI=1S/C13H13NO4/c1-8-12(4-3-5-14-8)17-7-10-6-11(13(15)16)9(2)18-10/h3-6H,7H2,1-2H3,(H,15,16). The fraction of sp³-hybridized carbons (Fsp3) is 0.231. The van der Waals surface area contributed by atoms with E-state index in [1.807, 2.05) is 6.92 Å². The minimum absolute atomic E-state index is 0.163. The molecule has 2 aromatic heterocycles. The van der Waals surface area contributed by atoms with Crippen molar-refractivity contribution in [3.63, 3.8) is 0 Å². The van der Waals surface area contributed by atoms with E-state index in [2.05, 4.69) is 4.98 Å². The van der Waals surface area contributed by atoms with E-state index in [9.17, 15) is 4.79 Å². The van der Waals surface area contributed by atoms with Gasteiger partial charge >= 0.3 is 5.97 Å². The lowest BCUT2D eigenvalue weighted by Crippen LogP contribution is -1.97. The van der Waals surface area contributed by atoms with Gasteiger partial charge in [0, 0.05) is 6.20 Å². The summed E-state index contributed by atoms with van der Waals surface area (Å²) in [5.74, 6) is 0.514. The van der Waals surface area contributed by atoms with Gasteiger partial charge in [0.05, 0.1) is 5.69 Å². The summed E-state index contributed by atoms with van der Waals surface area (Å²) >= 11 is 0. The van der Waals surface area contributed by atoms with E-state index < -0.39 is 5.97 Å². The maximum Gasteiger partial charge on any atom is 0.339 e. The monoisotopic (exact) mass is 247 g/mol. The molecule has 0 unspecified atom stereocenters. The van der Waals surface area contributed by atoms with Crippen molar-refractivity contribution >= 4 is 5.97 Å². The van der Waals surface area contributed by atoms with Gasteiger partial charge in [0.15, 0.2) is 0 Å². The van der Waals surface area contributed by atoms with Crippen molar-refractivity contribution in [2.24, 2.45) is 0 Å². The third-order valence-electron chi connectivity index (χ3n) is 2.53. The number of carbonyl (C=O) groups is 1. The number of furan rings is 1. The highest BCUT2D eigenvalue weighted by Crippen LogP contribution is 2.19. The molecule has 0 bridgehead atoms. The number of pyridine rings is 1. The molecule has 0 saturated carbocycles. The Morgan fingerprint density at radius 2 is 2.28 bits per heavy atom. The number of hydrogen-bond acceptors (Lipinski definition) is 4. The minimum atomic E-state index is -1.000. The average molecular weight is 247 g/mol. The molecule has 0 radical (unpaired) electrons. The highest BCUT2D eigenvalue weighted by molar-refractivity contribution is 5.88. The topological polar surface area (TPSA) is 72.6 Å². The molecule has 2 heterocycles. The van der Waals surface area contributed by atoms with Crippen molar-refractivity contribution in [1.82, 2.24) is 4.98 Å². The van der Waals surface area contributed by atoms with Crippen LogP contribution >= 0.6 is 0 Å². The molecule has 0 aromatic carbocycles. The summed E-state index contributed by atoms with van der Waals surface area (Å²) in [5.41, 5.74) is 0.941. The lowest BCUT2D eigenvalue weighted by atomic mass is 10.2. The van der Waals surface area contributed by atoms with E-state index in [1.165, 1.54) is 6.07 Å². The Kier molecular flexibility index (Phi) is 3.32. The molecule has 0 aliphatic rings. The molecule has 5 nitrogen and oxygen atoms in total. The van der Waals surface area contributed by atoms with Crippen molar-refractivity contribution in [2.45, 2.75) is 20.5 Å². The number of rotatable bonds is 4. The van der Waals surface area contributed by atoms with E-state index in [1.54, 1.807) is 25.3 Å². The predicted molar refractivity (Wildman–Crippen MR) is 63.7 cm³/mol. The minimum Gasteiger partial charge on any atom is -0.484 e. The van der Waals surface area contributed by atoms with Crippen LogP contribution < -0.4 is 4.74 Å². The molecule has 0 fully saturated rings. The molecular weight excluding hydrogens is 234 g/mol. The summed E-state index contributed by atoms with van der Waals surface area (Å²) in [4.78, 5) is 14.9. The molecule has 0 aliphatic carbocycles. The van der Waals surface area contributed by atoms with Crippen LogP contribution in [-0.2, 0) is 6.61 Å². The average Bonchev–Trinajstić information content (AvgIpc) is 2.70. The number of ether oxygens (including phenoxy) is 1. The molecular formula is C13H13NO4. The van der Waals surface area contributed by atoms with E-state index in [-0.39, 0.29) is 12.2 Å². The Morgan fingerprint density at radius 3 is 2.89 bits per heavy atom. The van der Waals surface area contributed by atoms with Gasteiger partial charge in [0.25, 0.3) is 0 Å². The van der Waals surface area contributed by atoms with Crippen LogP contribution in [0.5, 0.6) is 5.75 Å². The molecule has 0 amide bonds. The number of aryl methyl sites for hydroxylation is 2. The Morgan fingerprint density at radius 1 is 1.50 bits per heavy atom. The van der Waals surface area contributed by atoms with Gasteiger partial charge in [-0.1, -0.05) is 0 Å². The maximum atomic E-state index is 10.9. The normalized spacial score (nSPS) is 10.3. The van der Waals surface area contributed by atoms with Crippen LogP contribution in [0.2, 0.25) is 0 Å². The van der Waals surface area contributed by atoms with E-state index in [4.69, 9.17) is 14.3 Å². The Bertz CT molecular complexity index is 574. The predicted octanol–water partition coefficient (Wildman–Crippen LogP) is 2.57. The van der Waals surface area contributed by atoms with Crippen molar-refractivity contribution in [2.75, 3.05) is 0 Å². The molecule has 0 spiro atoms. The largest absolute Gasteiger partial charge is 0.484 e. The van der Waals surface area contributed by atoms with Crippen LogP contribution in [0.4, 0.5) is 0 Å². The summed E-state index contributed by atoms with van der Waals surface area (Å²) in [5, 5.41) is 8.90. The Hall–Kier alpha value is -2.30. The van der Waals surface area contributed by atoms with Crippen LogP contribution in [0.3, 0.4) is 0 Å². The van der Waals surface area contributed by atoms with Crippen LogP contribution in [0.15, 0.2) is 28.8 Å². The zero-order valence-corrected chi connectivity index (χ0v) is 10.1. The molecule has 18 heavy (non-hydrogen) atoms. The first kappa shape index (κ1) is 12.2. The van der Waals surface area contributed by atoms with Crippen LogP contribution in [0, 0.1) is 13.8 Å². The number of hydrogen-bond donors (Lipinski definition) is 1. The van der Waals surface area contributed by atoms with E-state index in [0.717, 1.165) is 5.69 Å². The number of aromatic carboxylic acids is 1. The maximum absolute atomic E-state index is 10.9. The fourth-order valence-corrected chi connectivity index (χ4v) is 1.60. The number of aromatic nitrogens is 1. The van der Waals surface area contributed by atoms with Crippen LogP contribution in [0.25, 0.3) is 0 Å². The van der Waals surface area contributed by atoms with Crippen LogP contribution in [-0.4, -0.2) is 16.1 Å². The summed E-state index contributed by atoms with van der Waals surface area (Å²) in [6.45, 7) is 3.63.